The number of likely N-dealkylation sites (N-methyl/N-ethyl adjacent to an activating group) is 1. The Labute approximate surface area is 102 Å². The molecule has 1 aliphatic rings. The van der Waals surface area contributed by atoms with Crippen molar-refractivity contribution in [3.8, 4) is 5.75 Å². The van der Waals surface area contributed by atoms with Gasteiger partial charge in [-0.3, -0.25) is 0 Å². The van der Waals surface area contributed by atoms with E-state index < -0.39 is 0 Å². The SMILES string of the molecule is CNC(C1=COCCC1)c1ccccc1OC. The number of para-hydroxylation sites is 1. The van der Waals surface area contributed by atoms with E-state index in [-0.39, 0.29) is 6.04 Å². The van der Waals surface area contributed by atoms with Gasteiger partial charge in [-0.1, -0.05) is 18.2 Å². The molecule has 3 nitrogen and oxygen atoms in total. The first kappa shape index (κ1) is 12.0. The fourth-order valence-electron chi connectivity index (χ4n) is 2.24. The number of methoxy groups -OCH3 is 1. The molecule has 3 heteroatoms. The second-order valence-electron chi connectivity index (χ2n) is 4.13. The first-order chi connectivity index (χ1) is 8.36. The van der Waals surface area contributed by atoms with Crippen LogP contribution in [-0.4, -0.2) is 20.8 Å². The largest absolute Gasteiger partial charge is 0.501 e. The second kappa shape index (κ2) is 5.73. The van der Waals surface area contributed by atoms with E-state index in [0.717, 1.165) is 30.8 Å². The molecule has 0 saturated carbocycles. The van der Waals surface area contributed by atoms with Gasteiger partial charge in [-0.05, 0) is 31.5 Å². The van der Waals surface area contributed by atoms with Crippen LogP contribution in [0.1, 0.15) is 24.4 Å². The second-order valence-corrected chi connectivity index (χ2v) is 4.13. The van der Waals surface area contributed by atoms with Gasteiger partial charge in [-0.25, -0.2) is 0 Å². The molecule has 17 heavy (non-hydrogen) atoms. The van der Waals surface area contributed by atoms with Gasteiger partial charge in [-0.15, -0.1) is 0 Å². The predicted molar refractivity (Wildman–Crippen MR) is 68.1 cm³/mol. The zero-order chi connectivity index (χ0) is 12.1. The van der Waals surface area contributed by atoms with Crippen molar-refractivity contribution in [3.05, 3.63) is 41.7 Å². The summed E-state index contributed by atoms with van der Waals surface area (Å²) in [5.41, 5.74) is 2.44. The Hall–Kier alpha value is -1.48. The number of hydrogen-bond acceptors (Lipinski definition) is 3. The minimum absolute atomic E-state index is 0.173. The van der Waals surface area contributed by atoms with Gasteiger partial charge in [0.1, 0.15) is 5.75 Å². The molecule has 1 heterocycles. The molecule has 0 amide bonds. The highest BCUT2D eigenvalue weighted by Crippen LogP contribution is 2.32. The third-order valence-electron chi connectivity index (χ3n) is 3.07. The first-order valence-electron chi connectivity index (χ1n) is 5.97. The number of nitrogens with one attached hydrogen (secondary N) is 1. The highest BCUT2D eigenvalue weighted by molar-refractivity contribution is 5.40. The monoisotopic (exact) mass is 233 g/mol. The zero-order valence-electron chi connectivity index (χ0n) is 10.4. The lowest BCUT2D eigenvalue weighted by atomic mass is 9.95. The number of ether oxygens (including phenoxy) is 2. The lowest BCUT2D eigenvalue weighted by Gasteiger charge is -2.24. The Balaban J connectivity index is 2.31. The molecule has 92 valence electrons. The Bertz CT molecular complexity index is 401. The van der Waals surface area contributed by atoms with Crippen LogP contribution in [0.2, 0.25) is 0 Å². The van der Waals surface area contributed by atoms with E-state index in [1.807, 2.05) is 31.5 Å². The van der Waals surface area contributed by atoms with Gasteiger partial charge in [0.05, 0.1) is 26.0 Å². The summed E-state index contributed by atoms with van der Waals surface area (Å²) in [7, 11) is 3.67. The zero-order valence-corrected chi connectivity index (χ0v) is 10.4. The van der Waals surface area contributed by atoms with Crippen molar-refractivity contribution in [2.45, 2.75) is 18.9 Å². The Morgan fingerprint density at radius 2 is 2.18 bits per heavy atom. The molecular formula is C14H19NO2. The summed E-state index contributed by atoms with van der Waals surface area (Å²) in [6.07, 6.45) is 4.04. The fraction of sp³-hybridized carbons (Fsp3) is 0.429. The number of benzene rings is 1. The number of hydrogen-bond donors (Lipinski definition) is 1. The minimum Gasteiger partial charge on any atom is -0.501 e. The maximum atomic E-state index is 5.42. The molecule has 1 atom stereocenters. The van der Waals surface area contributed by atoms with Crippen molar-refractivity contribution < 1.29 is 9.47 Å². The molecule has 0 fully saturated rings. The Morgan fingerprint density at radius 1 is 1.35 bits per heavy atom. The van der Waals surface area contributed by atoms with Crippen LogP contribution in [0.5, 0.6) is 5.75 Å². The van der Waals surface area contributed by atoms with Gasteiger partial charge in [-0.2, -0.15) is 0 Å². The maximum absolute atomic E-state index is 5.42. The molecule has 0 bridgehead atoms. The summed E-state index contributed by atoms with van der Waals surface area (Å²) in [6.45, 7) is 0.825. The molecule has 2 rings (SSSR count). The normalized spacial score (nSPS) is 16.9. The number of rotatable bonds is 4. The van der Waals surface area contributed by atoms with E-state index >= 15 is 0 Å². The Kier molecular flexibility index (Phi) is 4.04. The summed E-state index contributed by atoms with van der Waals surface area (Å²) in [5.74, 6) is 0.915. The predicted octanol–water partition coefficient (Wildman–Crippen LogP) is 2.65. The summed E-state index contributed by atoms with van der Waals surface area (Å²) in [4.78, 5) is 0. The lowest BCUT2D eigenvalue weighted by Crippen LogP contribution is -2.21. The van der Waals surface area contributed by atoms with Gasteiger partial charge in [0, 0.05) is 5.56 Å². The standard InChI is InChI=1S/C14H19NO2/c1-15-14(11-6-5-9-17-10-11)12-7-3-4-8-13(12)16-2/h3-4,7-8,10,14-15H,5-6,9H2,1-2H3. The van der Waals surface area contributed by atoms with Crippen LogP contribution < -0.4 is 10.1 Å². The molecular weight excluding hydrogens is 214 g/mol. The van der Waals surface area contributed by atoms with Crippen LogP contribution in [0.15, 0.2) is 36.1 Å². The quantitative estimate of drug-likeness (QED) is 0.867. The van der Waals surface area contributed by atoms with E-state index in [1.165, 1.54) is 5.57 Å². The summed E-state index contributed by atoms with van der Waals surface area (Å²) in [5, 5.41) is 3.33. The minimum atomic E-state index is 0.173. The van der Waals surface area contributed by atoms with Gasteiger partial charge in [0.15, 0.2) is 0 Å². The molecule has 0 saturated heterocycles. The van der Waals surface area contributed by atoms with Crippen LogP contribution in [0.3, 0.4) is 0 Å². The topological polar surface area (TPSA) is 30.5 Å². The lowest BCUT2D eigenvalue weighted by molar-refractivity contribution is 0.219. The van der Waals surface area contributed by atoms with E-state index in [0.29, 0.717) is 0 Å². The molecule has 1 unspecified atom stereocenters. The first-order valence-corrected chi connectivity index (χ1v) is 5.97. The van der Waals surface area contributed by atoms with Gasteiger partial charge in [0.25, 0.3) is 0 Å². The maximum Gasteiger partial charge on any atom is 0.123 e. The van der Waals surface area contributed by atoms with E-state index in [9.17, 15) is 0 Å². The van der Waals surface area contributed by atoms with Crippen molar-refractivity contribution in [2.24, 2.45) is 0 Å². The van der Waals surface area contributed by atoms with Gasteiger partial charge in [0.2, 0.25) is 0 Å². The third-order valence-corrected chi connectivity index (χ3v) is 3.07. The summed E-state index contributed by atoms with van der Waals surface area (Å²) >= 11 is 0. The average Bonchev–Trinajstić information content (AvgIpc) is 2.41. The highest BCUT2D eigenvalue weighted by atomic mass is 16.5. The summed E-state index contributed by atoms with van der Waals surface area (Å²) < 4.78 is 10.8. The van der Waals surface area contributed by atoms with Crippen molar-refractivity contribution in [1.29, 1.82) is 0 Å². The van der Waals surface area contributed by atoms with Gasteiger partial charge < -0.3 is 14.8 Å². The van der Waals surface area contributed by atoms with Crippen LogP contribution >= 0.6 is 0 Å². The molecule has 1 N–H and O–H groups in total. The molecule has 0 spiro atoms. The highest BCUT2D eigenvalue weighted by Gasteiger charge is 2.20. The van der Waals surface area contributed by atoms with E-state index in [4.69, 9.17) is 9.47 Å². The van der Waals surface area contributed by atoms with E-state index in [1.54, 1.807) is 7.11 Å². The van der Waals surface area contributed by atoms with Crippen LogP contribution in [0.25, 0.3) is 0 Å². The van der Waals surface area contributed by atoms with Crippen LogP contribution in [0.4, 0.5) is 0 Å². The molecule has 0 radical (unpaired) electrons. The van der Waals surface area contributed by atoms with Crippen molar-refractivity contribution in [3.63, 3.8) is 0 Å². The fourth-order valence-corrected chi connectivity index (χ4v) is 2.24. The molecule has 0 aromatic heterocycles. The molecule has 0 aliphatic carbocycles. The van der Waals surface area contributed by atoms with Crippen LogP contribution in [0, 0.1) is 0 Å². The van der Waals surface area contributed by atoms with Crippen molar-refractivity contribution in [1.82, 2.24) is 5.32 Å². The van der Waals surface area contributed by atoms with Crippen molar-refractivity contribution in [2.75, 3.05) is 20.8 Å². The smallest absolute Gasteiger partial charge is 0.123 e. The van der Waals surface area contributed by atoms with Crippen molar-refractivity contribution >= 4 is 0 Å². The Morgan fingerprint density at radius 3 is 2.82 bits per heavy atom. The van der Waals surface area contributed by atoms with E-state index in [2.05, 4.69) is 11.4 Å². The average molecular weight is 233 g/mol. The van der Waals surface area contributed by atoms with Gasteiger partial charge >= 0.3 is 0 Å². The molecule has 1 aromatic rings. The van der Waals surface area contributed by atoms with Crippen LogP contribution in [-0.2, 0) is 4.74 Å². The molecule has 1 aliphatic heterocycles. The summed E-state index contributed by atoms with van der Waals surface area (Å²) in [6, 6.07) is 8.28. The molecule has 1 aromatic carbocycles. The third kappa shape index (κ3) is 2.61.